The summed E-state index contributed by atoms with van der Waals surface area (Å²) < 4.78 is 0. The van der Waals surface area contributed by atoms with Crippen LogP contribution in [0.25, 0.3) is 0 Å². The summed E-state index contributed by atoms with van der Waals surface area (Å²) in [5.41, 5.74) is 2.33. The van der Waals surface area contributed by atoms with Gasteiger partial charge in [-0.1, -0.05) is 26.7 Å². The van der Waals surface area contributed by atoms with Gasteiger partial charge in [-0.05, 0) is 80.5 Å². The predicted octanol–water partition coefficient (Wildman–Crippen LogP) is 4.73. The van der Waals surface area contributed by atoms with E-state index < -0.39 is 0 Å². The lowest BCUT2D eigenvalue weighted by atomic mass is 9.45. The Morgan fingerprint density at radius 3 is 2.62 bits per heavy atom. The number of nitrogens with zero attached hydrogens (tertiary/aromatic N) is 1. The van der Waals surface area contributed by atoms with E-state index in [1.54, 1.807) is 0 Å². The highest BCUT2D eigenvalue weighted by molar-refractivity contribution is 5.92. The quantitative estimate of drug-likeness (QED) is 0.507. The third-order valence-electron chi connectivity index (χ3n) is 8.48. The van der Waals surface area contributed by atoms with Gasteiger partial charge in [-0.15, -0.1) is 0 Å². The van der Waals surface area contributed by atoms with Crippen molar-refractivity contribution < 1.29 is 0 Å². The molecule has 0 aromatic rings. The van der Waals surface area contributed by atoms with E-state index in [9.17, 15) is 0 Å². The van der Waals surface area contributed by atoms with Crippen LogP contribution < -0.4 is 5.84 Å². The van der Waals surface area contributed by atoms with Crippen molar-refractivity contribution in [1.29, 1.82) is 0 Å². The summed E-state index contributed by atoms with van der Waals surface area (Å²) in [4.78, 5) is 0. The number of hydrazone groups is 1. The molecular weight excluding hydrogens is 256 g/mol. The van der Waals surface area contributed by atoms with Crippen LogP contribution in [0.15, 0.2) is 5.10 Å². The molecule has 2 nitrogen and oxygen atoms in total. The Balaban J connectivity index is 1.66. The first-order chi connectivity index (χ1) is 10.1. The fourth-order valence-corrected chi connectivity index (χ4v) is 7.30. The molecule has 0 heterocycles. The number of nitrogens with two attached hydrogens (primary N) is 1. The Bertz CT molecular complexity index is 456. The second kappa shape index (κ2) is 4.73. The SMILES string of the molecule is C[C@]12CCCCC1CC[C@@H]1[C@@H]2CC[C@]2(C)C(=NN)CC[C@@H]12. The third-order valence-corrected chi connectivity index (χ3v) is 8.48. The van der Waals surface area contributed by atoms with Crippen LogP contribution >= 0.6 is 0 Å². The van der Waals surface area contributed by atoms with Gasteiger partial charge in [0, 0.05) is 11.1 Å². The van der Waals surface area contributed by atoms with Crippen LogP contribution in [0.5, 0.6) is 0 Å². The molecule has 1 unspecified atom stereocenters. The second-order valence-electron chi connectivity index (χ2n) is 8.97. The lowest BCUT2D eigenvalue weighted by molar-refractivity contribution is -0.0936. The largest absolute Gasteiger partial charge is 0.323 e. The first kappa shape index (κ1) is 14.1. The highest BCUT2D eigenvalue weighted by Gasteiger charge is 2.58. The molecule has 0 saturated heterocycles. The van der Waals surface area contributed by atoms with E-state index in [1.807, 2.05) is 0 Å². The Morgan fingerprint density at radius 1 is 0.952 bits per heavy atom. The van der Waals surface area contributed by atoms with Gasteiger partial charge in [0.05, 0.1) is 0 Å². The maximum atomic E-state index is 5.71. The predicted molar refractivity (Wildman–Crippen MR) is 88.0 cm³/mol. The number of fused-ring (bicyclic) bond motifs is 5. The van der Waals surface area contributed by atoms with E-state index in [-0.39, 0.29) is 0 Å². The fourth-order valence-electron chi connectivity index (χ4n) is 7.30. The summed E-state index contributed by atoms with van der Waals surface area (Å²) >= 11 is 0. The molecule has 2 heteroatoms. The second-order valence-corrected chi connectivity index (χ2v) is 8.97. The molecule has 4 fully saturated rings. The molecule has 0 amide bonds. The third kappa shape index (κ3) is 1.80. The van der Waals surface area contributed by atoms with Crippen LogP contribution in [0.3, 0.4) is 0 Å². The van der Waals surface area contributed by atoms with Gasteiger partial charge in [-0.25, -0.2) is 0 Å². The molecular formula is C19H32N2. The van der Waals surface area contributed by atoms with E-state index in [4.69, 9.17) is 5.84 Å². The van der Waals surface area contributed by atoms with Gasteiger partial charge < -0.3 is 5.84 Å². The van der Waals surface area contributed by atoms with Crippen LogP contribution in [0, 0.1) is 34.5 Å². The monoisotopic (exact) mass is 288 g/mol. The van der Waals surface area contributed by atoms with Gasteiger partial charge in [0.1, 0.15) is 0 Å². The molecule has 21 heavy (non-hydrogen) atoms. The van der Waals surface area contributed by atoms with Crippen LogP contribution in [0.4, 0.5) is 0 Å². The number of hydrogen-bond acceptors (Lipinski definition) is 2. The van der Waals surface area contributed by atoms with E-state index in [2.05, 4.69) is 18.9 Å². The molecule has 0 radical (unpaired) electrons. The van der Waals surface area contributed by atoms with Gasteiger partial charge in [0.15, 0.2) is 0 Å². The summed E-state index contributed by atoms with van der Waals surface area (Å²) in [6.45, 7) is 5.13. The summed E-state index contributed by atoms with van der Waals surface area (Å²) in [6, 6.07) is 0. The molecule has 0 aliphatic heterocycles. The van der Waals surface area contributed by atoms with Gasteiger partial charge in [0.2, 0.25) is 0 Å². The maximum Gasteiger partial charge on any atom is 0.0437 e. The zero-order valence-electron chi connectivity index (χ0n) is 13.9. The lowest BCUT2D eigenvalue weighted by Crippen LogP contribution is -2.52. The molecule has 0 spiro atoms. The van der Waals surface area contributed by atoms with Crippen molar-refractivity contribution >= 4 is 5.71 Å². The van der Waals surface area contributed by atoms with Crippen molar-refractivity contribution in [2.75, 3.05) is 0 Å². The minimum Gasteiger partial charge on any atom is -0.323 e. The average Bonchev–Trinajstić information content (AvgIpc) is 2.83. The maximum absolute atomic E-state index is 5.71. The Labute approximate surface area is 129 Å². The Hall–Kier alpha value is -0.530. The average molecular weight is 288 g/mol. The summed E-state index contributed by atoms with van der Waals surface area (Å²) in [6.07, 6.45) is 14.3. The molecule has 2 N–H and O–H groups in total. The molecule has 0 aromatic heterocycles. The van der Waals surface area contributed by atoms with Crippen LogP contribution in [0.2, 0.25) is 0 Å². The molecule has 4 saturated carbocycles. The topological polar surface area (TPSA) is 38.4 Å². The van der Waals surface area contributed by atoms with Gasteiger partial charge in [-0.2, -0.15) is 5.10 Å². The smallest absolute Gasteiger partial charge is 0.0437 e. The van der Waals surface area contributed by atoms with Crippen molar-refractivity contribution in [3.63, 3.8) is 0 Å². The molecule has 4 rings (SSSR count). The van der Waals surface area contributed by atoms with Crippen molar-refractivity contribution in [2.45, 2.75) is 78.1 Å². The van der Waals surface area contributed by atoms with E-state index >= 15 is 0 Å². The Kier molecular flexibility index (Phi) is 3.17. The van der Waals surface area contributed by atoms with E-state index in [0.29, 0.717) is 10.8 Å². The summed E-state index contributed by atoms with van der Waals surface area (Å²) in [7, 11) is 0. The first-order valence-corrected chi connectivity index (χ1v) is 9.37. The minimum absolute atomic E-state index is 0.341. The normalized spacial score (nSPS) is 54.9. The lowest BCUT2D eigenvalue weighted by Gasteiger charge is -2.59. The standard InChI is InChI=1S/C19H32N2/c1-18-11-4-3-5-13(18)6-7-14-15-8-9-17(21-20)19(15,2)12-10-16(14)18/h13-16H,3-12,20H2,1-2H3/t13?,14-,15-,16-,18-,19-/m0/s1. The molecule has 4 aliphatic carbocycles. The van der Waals surface area contributed by atoms with Gasteiger partial charge in [0.25, 0.3) is 0 Å². The molecule has 6 atom stereocenters. The fraction of sp³-hybridized carbons (Fsp3) is 0.947. The molecule has 0 bridgehead atoms. The minimum atomic E-state index is 0.341. The number of hydrogen-bond donors (Lipinski definition) is 1. The molecule has 4 aliphatic rings. The van der Waals surface area contributed by atoms with E-state index in [0.717, 1.165) is 23.7 Å². The van der Waals surface area contributed by atoms with Crippen molar-refractivity contribution in [1.82, 2.24) is 0 Å². The van der Waals surface area contributed by atoms with Crippen LogP contribution in [0.1, 0.15) is 78.1 Å². The van der Waals surface area contributed by atoms with E-state index in [1.165, 1.54) is 69.9 Å². The summed E-state index contributed by atoms with van der Waals surface area (Å²) in [5.74, 6) is 9.57. The van der Waals surface area contributed by atoms with Crippen molar-refractivity contribution in [3.05, 3.63) is 0 Å². The van der Waals surface area contributed by atoms with Crippen molar-refractivity contribution in [3.8, 4) is 0 Å². The van der Waals surface area contributed by atoms with Gasteiger partial charge in [-0.3, -0.25) is 0 Å². The molecule has 118 valence electrons. The Morgan fingerprint density at radius 2 is 1.81 bits per heavy atom. The highest BCUT2D eigenvalue weighted by Crippen LogP contribution is 2.65. The van der Waals surface area contributed by atoms with Crippen LogP contribution in [-0.4, -0.2) is 5.71 Å². The molecule has 0 aromatic carbocycles. The van der Waals surface area contributed by atoms with Crippen molar-refractivity contribution in [2.24, 2.45) is 45.4 Å². The number of rotatable bonds is 0. The zero-order valence-corrected chi connectivity index (χ0v) is 13.9. The zero-order chi connectivity index (χ0) is 14.7. The first-order valence-electron chi connectivity index (χ1n) is 9.37. The summed E-state index contributed by atoms with van der Waals surface area (Å²) in [5, 5.41) is 4.20. The van der Waals surface area contributed by atoms with Gasteiger partial charge >= 0.3 is 0 Å². The highest BCUT2D eigenvalue weighted by atomic mass is 15.1. The van der Waals surface area contributed by atoms with Crippen LogP contribution in [-0.2, 0) is 0 Å².